The Hall–Kier alpha value is -4.12. The number of rotatable bonds is 7. The summed E-state index contributed by atoms with van der Waals surface area (Å²) in [5.74, 6) is -4.19. The first-order chi connectivity index (χ1) is 14.7. The van der Waals surface area contributed by atoms with Crippen molar-refractivity contribution >= 4 is 35.1 Å². The van der Waals surface area contributed by atoms with Crippen LogP contribution in [0.3, 0.4) is 0 Å². The van der Waals surface area contributed by atoms with Gasteiger partial charge < -0.3 is 30.4 Å². The summed E-state index contributed by atoms with van der Waals surface area (Å²) in [6.45, 7) is 1.84. The van der Waals surface area contributed by atoms with E-state index < -0.39 is 46.0 Å². The smallest absolute Gasteiger partial charge is 0.353 e. The second-order valence-corrected chi connectivity index (χ2v) is 7.01. The summed E-state index contributed by atoms with van der Waals surface area (Å²) in [6, 6.07) is 7.19. The van der Waals surface area contributed by atoms with E-state index in [4.69, 9.17) is 15.2 Å². The molecule has 31 heavy (non-hydrogen) atoms. The van der Waals surface area contributed by atoms with Crippen molar-refractivity contribution in [1.29, 1.82) is 0 Å². The first-order valence-electron chi connectivity index (χ1n) is 8.79. The van der Waals surface area contributed by atoms with Gasteiger partial charge in [-0.2, -0.15) is 0 Å². The van der Waals surface area contributed by atoms with E-state index in [1.54, 1.807) is 24.4 Å². The number of carbonyl (C=O) groups excluding carboxylic acids is 1. The molecule has 0 aliphatic carbocycles. The minimum atomic E-state index is -1.63. The topological polar surface area (TPSA) is 169 Å². The number of carboxylic acid groups (broad SMARTS) is 2. The lowest BCUT2D eigenvalue weighted by Crippen LogP contribution is -2.24. The average Bonchev–Trinajstić information content (AvgIpc) is 3.23. The van der Waals surface area contributed by atoms with Crippen molar-refractivity contribution < 1.29 is 34.1 Å². The van der Waals surface area contributed by atoms with E-state index in [1.807, 2.05) is 4.98 Å². The Bertz CT molecular complexity index is 1230. The van der Waals surface area contributed by atoms with Gasteiger partial charge in [-0.05, 0) is 36.1 Å². The minimum absolute atomic E-state index is 0.0342. The van der Waals surface area contributed by atoms with Gasteiger partial charge >= 0.3 is 17.9 Å². The number of thiophene rings is 1. The lowest BCUT2D eigenvalue weighted by atomic mass is 9.95. The SMILES string of the molecule is CCOc1cc(-c2c(C(=O)O)c(N)[nH]c(=O)c2C(=O)O)ccc1OC(=O)c1cccs1. The predicted octanol–water partition coefficient (Wildman–Crippen LogP) is 2.70. The molecule has 0 atom stereocenters. The third-order valence-electron chi connectivity index (χ3n) is 4.13. The van der Waals surface area contributed by atoms with Crippen LogP contribution >= 0.6 is 11.3 Å². The van der Waals surface area contributed by atoms with Crippen LogP contribution < -0.4 is 20.8 Å². The molecule has 2 heterocycles. The number of benzene rings is 1. The molecular formula is C20H16N2O8S. The van der Waals surface area contributed by atoms with Crippen LogP contribution in [0.2, 0.25) is 0 Å². The van der Waals surface area contributed by atoms with Crippen LogP contribution in [0.5, 0.6) is 11.5 Å². The highest BCUT2D eigenvalue weighted by Crippen LogP contribution is 2.36. The third kappa shape index (κ3) is 4.26. The third-order valence-corrected chi connectivity index (χ3v) is 4.98. The fourth-order valence-corrected chi connectivity index (χ4v) is 3.50. The number of ether oxygens (including phenoxy) is 2. The molecule has 5 N–H and O–H groups in total. The number of hydrogen-bond acceptors (Lipinski definition) is 8. The number of aromatic amines is 1. The van der Waals surface area contributed by atoms with Gasteiger partial charge in [0.15, 0.2) is 11.5 Å². The maximum Gasteiger partial charge on any atom is 0.353 e. The summed E-state index contributed by atoms with van der Waals surface area (Å²) in [5, 5.41) is 20.8. The molecule has 0 unspecified atom stereocenters. The number of esters is 1. The molecule has 11 heteroatoms. The molecule has 3 rings (SSSR count). The maximum atomic E-state index is 12.3. The molecule has 0 spiro atoms. The van der Waals surface area contributed by atoms with Gasteiger partial charge in [0.1, 0.15) is 21.8 Å². The molecule has 0 amide bonds. The minimum Gasteiger partial charge on any atom is -0.490 e. The summed E-state index contributed by atoms with van der Waals surface area (Å²) in [4.78, 5) is 50.3. The summed E-state index contributed by atoms with van der Waals surface area (Å²) in [7, 11) is 0. The van der Waals surface area contributed by atoms with Gasteiger partial charge in [-0.15, -0.1) is 11.3 Å². The highest BCUT2D eigenvalue weighted by atomic mass is 32.1. The van der Waals surface area contributed by atoms with Crippen LogP contribution in [0.1, 0.15) is 37.3 Å². The van der Waals surface area contributed by atoms with Crippen LogP contribution in [0, 0.1) is 0 Å². The number of carboxylic acids is 2. The van der Waals surface area contributed by atoms with E-state index in [1.165, 1.54) is 29.5 Å². The molecule has 0 fully saturated rings. The summed E-state index contributed by atoms with van der Waals surface area (Å²) >= 11 is 1.19. The van der Waals surface area contributed by atoms with Gasteiger partial charge in [-0.3, -0.25) is 4.79 Å². The van der Waals surface area contributed by atoms with E-state index in [0.29, 0.717) is 4.88 Å². The predicted molar refractivity (Wildman–Crippen MR) is 111 cm³/mol. The molecule has 10 nitrogen and oxygen atoms in total. The normalized spacial score (nSPS) is 10.5. The molecule has 0 saturated carbocycles. The van der Waals surface area contributed by atoms with Crippen molar-refractivity contribution in [2.75, 3.05) is 12.3 Å². The number of carbonyl (C=O) groups is 3. The number of pyridine rings is 1. The number of nitrogen functional groups attached to an aromatic ring is 1. The summed E-state index contributed by atoms with van der Waals surface area (Å²) in [6.07, 6.45) is 0. The lowest BCUT2D eigenvalue weighted by molar-refractivity contribution is 0.0693. The lowest BCUT2D eigenvalue weighted by Gasteiger charge is -2.15. The fourth-order valence-electron chi connectivity index (χ4n) is 2.90. The Kier molecular flexibility index (Phi) is 6.07. The zero-order chi connectivity index (χ0) is 22.7. The van der Waals surface area contributed by atoms with Crippen molar-refractivity contribution in [3.63, 3.8) is 0 Å². The van der Waals surface area contributed by atoms with E-state index in [2.05, 4.69) is 0 Å². The van der Waals surface area contributed by atoms with Crippen LogP contribution in [-0.2, 0) is 0 Å². The van der Waals surface area contributed by atoms with Gasteiger partial charge in [-0.25, -0.2) is 14.4 Å². The zero-order valence-corrected chi connectivity index (χ0v) is 16.8. The standard InChI is InChI=1S/C20H16N2O8S/c1-2-29-11-8-9(5-6-10(11)30-20(28)12-4-3-7-31-12)13-14(18(24)25)16(21)22-17(23)15(13)19(26)27/h3-8H,2H2,1H3,(H,24,25)(H,26,27)(H3,21,22,23). The molecule has 160 valence electrons. The first-order valence-corrected chi connectivity index (χ1v) is 9.67. The van der Waals surface area contributed by atoms with Gasteiger partial charge in [0.05, 0.1) is 6.61 Å². The van der Waals surface area contributed by atoms with Crippen molar-refractivity contribution in [2.45, 2.75) is 6.92 Å². The quantitative estimate of drug-likeness (QED) is 0.316. The Morgan fingerprint density at radius 1 is 1.10 bits per heavy atom. The number of aromatic nitrogens is 1. The van der Waals surface area contributed by atoms with E-state index in [-0.39, 0.29) is 23.7 Å². The molecule has 0 bridgehead atoms. The van der Waals surface area contributed by atoms with Crippen LogP contribution in [0.25, 0.3) is 11.1 Å². The summed E-state index contributed by atoms with van der Waals surface area (Å²) in [5.41, 5.74) is 2.86. The van der Waals surface area contributed by atoms with Crippen molar-refractivity contribution in [2.24, 2.45) is 0 Å². The molecule has 0 saturated heterocycles. The number of anilines is 1. The molecule has 0 aliphatic heterocycles. The highest BCUT2D eigenvalue weighted by Gasteiger charge is 2.27. The van der Waals surface area contributed by atoms with Gasteiger partial charge in [0.2, 0.25) is 0 Å². The van der Waals surface area contributed by atoms with E-state index in [9.17, 15) is 29.4 Å². The van der Waals surface area contributed by atoms with Crippen molar-refractivity contribution in [3.05, 3.63) is 62.1 Å². The van der Waals surface area contributed by atoms with Gasteiger partial charge in [0.25, 0.3) is 5.56 Å². The molecule has 1 aromatic carbocycles. The monoisotopic (exact) mass is 444 g/mol. The average molecular weight is 444 g/mol. The Morgan fingerprint density at radius 3 is 2.39 bits per heavy atom. The van der Waals surface area contributed by atoms with Gasteiger partial charge in [0, 0.05) is 5.56 Å². The van der Waals surface area contributed by atoms with Crippen molar-refractivity contribution in [1.82, 2.24) is 4.98 Å². The number of aromatic carboxylic acids is 2. The number of nitrogens with two attached hydrogens (primary N) is 1. The molecular weight excluding hydrogens is 428 g/mol. The Labute approximate surface area is 178 Å². The van der Waals surface area contributed by atoms with Crippen LogP contribution in [0.15, 0.2) is 40.5 Å². The molecule has 0 aliphatic rings. The second-order valence-electron chi connectivity index (χ2n) is 6.06. The number of hydrogen-bond donors (Lipinski definition) is 4. The Morgan fingerprint density at radius 2 is 1.81 bits per heavy atom. The number of H-pyrrole nitrogens is 1. The molecule has 2 aromatic heterocycles. The van der Waals surface area contributed by atoms with E-state index in [0.717, 1.165) is 0 Å². The van der Waals surface area contributed by atoms with Crippen molar-refractivity contribution in [3.8, 4) is 22.6 Å². The maximum absolute atomic E-state index is 12.3. The first kappa shape index (κ1) is 21.6. The van der Waals surface area contributed by atoms with Gasteiger partial charge in [-0.1, -0.05) is 12.1 Å². The Balaban J connectivity index is 2.19. The second kappa shape index (κ2) is 8.71. The zero-order valence-electron chi connectivity index (χ0n) is 16.0. The molecule has 0 radical (unpaired) electrons. The summed E-state index contributed by atoms with van der Waals surface area (Å²) < 4.78 is 10.9. The number of nitrogens with one attached hydrogen (secondary N) is 1. The van der Waals surface area contributed by atoms with E-state index >= 15 is 0 Å². The van der Waals surface area contributed by atoms with Crippen LogP contribution in [-0.4, -0.2) is 39.7 Å². The fraction of sp³-hybridized carbons (Fsp3) is 0.100. The molecule has 3 aromatic rings. The van der Waals surface area contributed by atoms with Crippen LogP contribution in [0.4, 0.5) is 5.82 Å². The largest absolute Gasteiger partial charge is 0.490 e. The highest BCUT2D eigenvalue weighted by molar-refractivity contribution is 7.12.